The molecule has 4 fully saturated rings. The van der Waals surface area contributed by atoms with Gasteiger partial charge in [0.2, 0.25) is 0 Å². The van der Waals surface area contributed by atoms with E-state index in [-0.39, 0.29) is 33.7 Å². The summed E-state index contributed by atoms with van der Waals surface area (Å²) in [6.07, 6.45) is 6.62. The van der Waals surface area contributed by atoms with Gasteiger partial charge in [0.1, 0.15) is 11.6 Å². The SMILES string of the molecule is CC(=O)C12CCC(CC1NCNC1CC3CCC1(C(C)=O)C3(C)C)C2(C)C. The summed E-state index contributed by atoms with van der Waals surface area (Å²) in [5, 5.41) is 7.43. The number of nitrogens with one attached hydrogen (secondary N) is 2. The Labute approximate surface area is 164 Å². The zero-order chi connectivity index (χ0) is 19.8. The van der Waals surface area contributed by atoms with Crippen molar-refractivity contribution in [2.24, 2.45) is 33.5 Å². The van der Waals surface area contributed by atoms with E-state index >= 15 is 0 Å². The van der Waals surface area contributed by atoms with Crippen LogP contribution in [0.3, 0.4) is 0 Å². The third-order valence-corrected chi connectivity index (χ3v) is 10.3. The fourth-order valence-electron chi connectivity index (χ4n) is 8.51. The van der Waals surface area contributed by atoms with Crippen LogP contribution in [0.4, 0.5) is 0 Å². The van der Waals surface area contributed by atoms with Gasteiger partial charge in [-0.1, -0.05) is 27.7 Å². The lowest BCUT2D eigenvalue weighted by Crippen LogP contribution is -2.56. The fourth-order valence-corrected chi connectivity index (χ4v) is 8.51. The second kappa shape index (κ2) is 5.89. The van der Waals surface area contributed by atoms with E-state index in [9.17, 15) is 9.59 Å². The molecule has 4 aliphatic rings. The first-order valence-corrected chi connectivity index (χ1v) is 11.0. The quantitative estimate of drug-likeness (QED) is 0.696. The van der Waals surface area contributed by atoms with Gasteiger partial charge in [-0.05, 0) is 75.0 Å². The molecule has 0 aromatic heterocycles. The van der Waals surface area contributed by atoms with Gasteiger partial charge in [-0.2, -0.15) is 0 Å². The molecule has 0 saturated heterocycles. The van der Waals surface area contributed by atoms with E-state index in [1.54, 1.807) is 13.8 Å². The van der Waals surface area contributed by atoms with Crippen molar-refractivity contribution in [1.29, 1.82) is 0 Å². The Kier molecular flexibility index (Phi) is 4.27. The predicted octanol–water partition coefficient (Wildman–Crippen LogP) is 3.69. The molecule has 4 nitrogen and oxygen atoms in total. The Morgan fingerprint density at radius 2 is 1.15 bits per heavy atom. The van der Waals surface area contributed by atoms with Gasteiger partial charge in [0.15, 0.2) is 0 Å². The molecule has 4 aliphatic carbocycles. The van der Waals surface area contributed by atoms with Crippen molar-refractivity contribution in [2.45, 2.75) is 92.2 Å². The van der Waals surface area contributed by atoms with E-state index in [1.165, 1.54) is 12.8 Å². The van der Waals surface area contributed by atoms with Crippen LogP contribution in [0.1, 0.15) is 80.1 Å². The standard InChI is InChI=1S/C23H38N2O2/c1-14(26)22-9-7-16(20(22,3)4)11-18(22)24-13-25-19-12-17-8-10-23(19,15(2)27)21(17,5)6/h16-19,24-25H,7-13H2,1-6H3. The maximum Gasteiger partial charge on any atom is 0.138 e. The lowest BCUT2D eigenvalue weighted by molar-refractivity contribution is -0.132. The van der Waals surface area contributed by atoms with Gasteiger partial charge in [-0.15, -0.1) is 0 Å². The lowest BCUT2D eigenvalue weighted by atomic mass is 9.65. The molecule has 4 saturated carbocycles. The summed E-state index contributed by atoms with van der Waals surface area (Å²) in [7, 11) is 0. The summed E-state index contributed by atoms with van der Waals surface area (Å²) in [4.78, 5) is 25.4. The minimum atomic E-state index is -0.217. The Morgan fingerprint density at radius 1 is 0.778 bits per heavy atom. The normalized spacial score (nSPS) is 46.1. The van der Waals surface area contributed by atoms with Crippen LogP contribution in [0.2, 0.25) is 0 Å². The highest BCUT2D eigenvalue weighted by Crippen LogP contribution is 2.67. The maximum atomic E-state index is 12.7. The van der Waals surface area contributed by atoms with Gasteiger partial charge in [0, 0.05) is 29.6 Å². The van der Waals surface area contributed by atoms with Gasteiger partial charge < -0.3 is 10.6 Å². The fraction of sp³-hybridized carbons (Fsp3) is 0.913. The monoisotopic (exact) mass is 374 g/mol. The second-order valence-electron chi connectivity index (χ2n) is 11.1. The molecule has 0 aromatic carbocycles. The molecular weight excluding hydrogens is 336 g/mol. The highest BCUT2D eigenvalue weighted by molar-refractivity contribution is 5.86. The Balaban J connectivity index is 1.46. The third-order valence-electron chi connectivity index (χ3n) is 10.3. The number of carbonyl (C=O) groups is 2. The molecule has 152 valence electrons. The Morgan fingerprint density at radius 3 is 1.44 bits per heavy atom. The summed E-state index contributed by atoms with van der Waals surface area (Å²) in [5.74, 6) is 1.99. The largest absolute Gasteiger partial charge is 0.301 e. The van der Waals surface area contributed by atoms with E-state index < -0.39 is 0 Å². The predicted molar refractivity (Wildman–Crippen MR) is 107 cm³/mol. The van der Waals surface area contributed by atoms with E-state index in [1.807, 2.05) is 0 Å². The summed E-state index contributed by atoms with van der Waals surface area (Å²) >= 11 is 0. The molecule has 0 spiro atoms. The third kappa shape index (κ3) is 2.18. The highest BCUT2D eigenvalue weighted by atomic mass is 16.1. The van der Waals surface area contributed by atoms with E-state index in [0.29, 0.717) is 30.1 Å². The number of carbonyl (C=O) groups excluding carboxylic acids is 2. The first-order valence-electron chi connectivity index (χ1n) is 11.0. The van der Waals surface area contributed by atoms with Crippen molar-refractivity contribution in [3.63, 3.8) is 0 Å². The average Bonchev–Trinajstić information content (AvgIpc) is 3.16. The lowest BCUT2D eigenvalue weighted by Gasteiger charge is -2.42. The smallest absolute Gasteiger partial charge is 0.138 e. The molecular formula is C23H38N2O2. The van der Waals surface area contributed by atoms with Crippen LogP contribution in [0.5, 0.6) is 0 Å². The van der Waals surface area contributed by atoms with Crippen molar-refractivity contribution in [3.8, 4) is 0 Å². The molecule has 0 heterocycles. The van der Waals surface area contributed by atoms with E-state index in [0.717, 1.165) is 25.7 Å². The van der Waals surface area contributed by atoms with Gasteiger partial charge in [0.05, 0.1) is 0 Å². The molecule has 2 N–H and O–H groups in total. The summed E-state index contributed by atoms with van der Waals surface area (Å²) in [6, 6.07) is 0.521. The Hall–Kier alpha value is -0.740. The molecule has 0 amide bonds. The van der Waals surface area contributed by atoms with Gasteiger partial charge >= 0.3 is 0 Å². The average molecular weight is 375 g/mol. The van der Waals surface area contributed by atoms with Gasteiger partial charge in [0.25, 0.3) is 0 Å². The minimum absolute atomic E-state index is 0.0888. The van der Waals surface area contributed by atoms with Crippen LogP contribution in [0.25, 0.3) is 0 Å². The molecule has 4 rings (SSSR count). The van der Waals surface area contributed by atoms with Crippen LogP contribution in [-0.2, 0) is 9.59 Å². The molecule has 27 heavy (non-hydrogen) atoms. The number of hydrogen-bond acceptors (Lipinski definition) is 4. The van der Waals surface area contributed by atoms with Crippen LogP contribution >= 0.6 is 0 Å². The first-order chi connectivity index (χ1) is 12.5. The molecule has 6 atom stereocenters. The number of hydrogen-bond donors (Lipinski definition) is 2. The van der Waals surface area contributed by atoms with Crippen molar-refractivity contribution >= 4 is 11.6 Å². The molecule has 4 bridgehead atoms. The molecule has 6 unspecified atom stereocenters. The zero-order valence-electron chi connectivity index (χ0n) is 18.1. The number of fused-ring (bicyclic) bond motifs is 4. The Bertz CT molecular complexity index is 613. The van der Waals surface area contributed by atoms with Crippen molar-refractivity contribution in [2.75, 3.05) is 6.67 Å². The number of Topliss-reactive ketones (excluding diaryl/α,β-unsaturated/α-hetero) is 2. The molecule has 0 aromatic rings. The highest BCUT2D eigenvalue weighted by Gasteiger charge is 2.67. The van der Waals surface area contributed by atoms with E-state index in [2.05, 4.69) is 38.3 Å². The molecule has 0 radical (unpaired) electrons. The zero-order valence-corrected chi connectivity index (χ0v) is 18.1. The van der Waals surface area contributed by atoms with Crippen molar-refractivity contribution < 1.29 is 9.59 Å². The topological polar surface area (TPSA) is 58.2 Å². The second-order valence-corrected chi connectivity index (χ2v) is 11.1. The maximum absolute atomic E-state index is 12.7. The summed E-state index contributed by atoms with van der Waals surface area (Å²) in [6.45, 7) is 13.5. The van der Waals surface area contributed by atoms with Crippen LogP contribution < -0.4 is 10.6 Å². The van der Waals surface area contributed by atoms with Crippen molar-refractivity contribution in [1.82, 2.24) is 10.6 Å². The van der Waals surface area contributed by atoms with Gasteiger partial charge in [-0.25, -0.2) is 0 Å². The molecule has 0 aliphatic heterocycles. The summed E-state index contributed by atoms with van der Waals surface area (Å²) < 4.78 is 0. The van der Waals surface area contributed by atoms with Crippen LogP contribution in [0, 0.1) is 33.5 Å². The van der Waals surface area contributed by atoms with E-state index in [4.69, 9.17) is 0 Å². The first kappa shape index (κ1) is 19.6. The van der Waals surface area contributed by atoms with Crippen molar-refractivity contribution in [3.05, 3.63) is 0 Å². The van der Waals surface area contributed by atoms with Crippen LogP contribution in [-0.4, -0.2) is 30.3 Å². The minimum Gasteiger partial charge on any atom is -0.301 e. The number of ketones is 2. The summed E-state index contributed by atoms with van der Waals surface area (Å²) in [5.41, 5.74) is -0.256. The van der Waals surface area contributed by atoms with Crippen LogP contribution in [0.15, 0.2) is 0 Å². The van der Waals surface area contributed by atoms with Gasteiger partial charge in [-0.3, -0.25) is 9.59 Å². The number of rotatable bonds is 6. The molecule has 4 heteroatoms.